The van der Waals surface area contributed by atoms with Gasteiger partial charge in [0.15, 0.2) is 0 Å². The Labute approximate surface area is 164 Å². The molecule has 2 N–H and O–H groups in total. The third-order valence-electron chi connectivity index (χ3n) is 4.84. The number of likely N-dealkylation sites (tertiary alicyclic amines) is 1. The second kappa shape index (κ2) is 8.66. The first-order valence-electron chi connectivity index (χ1n) is 8.19. The molecule has 2 aliphatic rings. The van der Waals surface area contributed by atoms with Crippen molar-refractivity contribution >= 4 is 42.2 Å². The van der Waals surface area contributed by atoms with Crippen LogP contribution in [0, 0.1) is 17.7 Å². The summed E-state index contributed by atoms with van der Waals surface area (Å²) in [5.41, 5.74) is 0.793. The largest absolute Gasteiger partial charge is 0.338 e. The summed E-state index contributed by atoms with van der Waals surface area (Å²) >= 11 is 0. The molecule has 4 rings (SSSR count). The molecule has 0 unspecified atom stereocenters. The Kier molecular flexibility index (Phi) is 6.81. The van der Waals surface area contributed by atoms with Gasteiger partial charge in [-0.3, -0.25) is 4.79 Å². The van der Waals surface area contributed by atoms with E-state index in [1.54, 1.807) is 36.5 Å². The second-order valence-electron chi connectivity index (χ2n) is 6.39. The van der Waals surface area contributed by atoms with E-state index in [1.807, 2.05) is 4.90 Å². The van der Waals surface area contributed by atoms with E-state index in [-0.39, 0.29) is 36.5 Å². The van der Waals surface area contributed by atoms with E-state index in [4.69, 9.17) is 0 Å². The van der Waals surface area contributed by atoms with Crippen LogP contribution >= 0.6 is 24.8 Å². The van der Waals surface area contributed by atoms with Crippen molar-refractivity contribution in [2.75, 3.05) is 31.5 Å². The van der Waals surface area contributed by atoms with Crippen molar-refractivity contribution in [3.63, 3.8) is 0 Å². The first kappa shape index (κ1) is 20.4. The molecule has 5 nitrogen and oxygen atoms in total. The van der Waals surface area contributed by atoms with Gasteiger partial charge in [-0.25, -0.2) is 9.37 Å². The van der Waals surface area contributed by atoms with Crippen molar-refractivity contribution < 1.29 is 9.18 Å². The van der Waals surface area contributed by atoms with Crippen LogP contribution in [-0.4, -0.2) is 42.0 Å². The molecule has 3 heterocycles. The van der Waals surface area contributed by atoms with Gasteiger partial charge < -0.3 is 15.5 Å². The number of carbonyl (C=O) groups is 1. The molecule has 8 heteroatoms. The maximum absolute atomic E-state index is 13.9. The number of hydrogen-bond donors (Lipinski definition) is 2. The molecule has 2 aliphatic heterocycles. The first-order chi connectivity index (χ1) is 11.7. The highest BCUT2D eigenvalue weighted by molar-refractivity contribution is 5.99. The normalized spacial score (nSPS) is 20.7. The van der Waals surface area contributed by atoms with Crippen LogP contribution in [0.3, 0.4) is 0 Å². The minimum absolute atomic E-state index is 0. The third-order valence-corrected chi connectivity index (χ3v) is 4.84. The number of para-hydroxylation sites is 1. The number of fused-ring (bicyclic) bond motifs is 1. The van der Waals surface area contributed by atoms with E-state index < -0.39 is 0 Å². The van der Waals surface area contributed by atoms with Crippen molar-refractivity contribution in [2.24, 2.45) is 11.8 Å². The smallest absolute Gasteiger partial charge is 0.257 e. The quantitative estimate of drug-likeness (QED) is 0.833. The number of anilines is 2. The third kappa shape index (κ3) is 3.92. The Morgan fingerprint density at radius 1 is 1.12 bits per heavy atom. The fourth-order valence-electron chi connectivity index (χ4n) is 3.56. The second-order valence-corrected chi connectivity index (χ2v) is 6.39. The van der Waals surface area contributed by atoms with Gasteiger partial charge in [-0.1, -0.05) is 12.1 Å². The van der Waals surface area contributed by atoms with Crippen molar-refractivity contribution in [2.45, 2.75) is 0 Å². The zero-order chi connectivity index (χ0) is 16.5. The summed E-state index contributed by atoms with van der Waals surface area (Å²) in [7, 11) is 0. The van der Waals surface area contributed by atoms with Gasteiger partial charge in [-0.15, -0.1) is 24.8 Å². The molecular formula is C18H21Cl2FN4O. The van der Waals surface area contributed by atoms with Crippen molar-refractivity contribution in [3.05, 3.63) is 54.0 Å². The summed E-state index contributed by atoms with van der Waals surface area (Å²) in [6.07, 6.45) is 1.60. The van der Waals surface area contributed by atoms with Gasteiger partial charge in [-0.2, -0.15) is 0 Å². The summed E-state index contributed by atoms with van der Waals surface area (Å²) < 4.78 is 13.9. The average Bonchev–Trinajstić information content (AvgIpc) is 3.19. The molecule has 0 spiro atoms. The maximum Gasteiger partial charge on any atom is 0.257 e. The summed E-state index contributed by atoms with van der Waals surface area (Å²) in [6.45, 7) is 3.48. The lowest BCUT2D eigenvalue weighted by atomic mass is 10.0. The number of benzene rings is 1. The minimum Gasteiger partial charge on any atom is -0.338 e. The number of pyridine rings is 1. The van der Waals surface area contributed by atoms with E-state index >= 15 is 0 Å². The number of carbonyl (C=O) groups excluding carboxylic acids is 1. The number of rotatable bonds is 3. The van der Waals surface area contributed by atoms with Crippen LogP contribution in [0.5, 0.6) is 0 Å². The molecular weight excluding hydrogens is 378 g/mol. The van der Waals surface area contributed by atoms with Gasteiger partial charge >= 0.3 is 0 Å². The monoisotopic (exact) mass is 398 g/mol. The molecule has 26 heavy (non-hydrogen) atoms. The van der Waals surface area contributed by atoms with Crippen LogP contribution in [0.4, 0.5) is 15.9 Å². The Morgan fingerprint density at radius 2 is 1.81 bits per heavy atom. The Balaban J connectivity index is 0.00000121. The zero-order valence-corrected chi connectivity index (χ0v) is 15.7. The van der Waals surface area contributed by atoms with Crippen LogP contribution in [-0.2, 0) is 0 Å². The number of aromatic nitrogens is 1. The first-order valence-corrected chi connectivity index (χ1v) is 8.19. The molecule has 0 radical (unpaired) electrons. The summed E-state index contributed by atoms with van der Waals surface area (Å²) in [6, 6.07) is 9.85. The number of hydrogen-bond acceptors (Lipinski definition) is 4. The lowest BCUT2D eigenvalue weighted by Gasteiger charge is -2.19. The molecule has 1 amide bonds. The zero-order valence-electron chi connectivity index (χ0n) is 14.0. The summed E-state index contributed by atoms with van der Waals surface area (Å²) in [5.74, 6) is 1.05. The Morgan fingerprint density at radius 3 is 2.50 bits per heavy atom. The van der Waals surface area contributed by atoms with Gasteiger partial charge in [0.1, 0.15) is 11.6 Å². The summed E-state index contributed by atoms with van der Waals surface area (Å²) in [4.78, 5) is 19.0. The molecule has 2 atom stereocenters. The van der Waals surface area contributed by atoms with Crippen molar-refractivity contribution in [3.8, 4) is 0 Å². The number of halogens is 3. The minimum atomic E-state index is -0.372. The molecule has 0 aliphatic carbocycles. The van der Waals surface area contributed by atoms with Gasteiger partial charge in [-0.05, 0) is 36.1 Å². The summed E-state index contributed by atoms with van der Waals surface area (Å²) in [5, 5.41) is 6.32. The highest BCUT2D eigenvalue weighted by Crippen LogP contribution is 2.29. The van der Waals surface area contributed by atoms with E-state index in [9.17, 15) is 9.18 Å². The molecule has 140 valence electrons. The lowest BCUT2D eigenvalue weighted by Crippen LogP contribution is -2.32. The van der Waals surface area contributed by atoms with Crippen LogP contribution in [0.2, 0.25) is 0 Å². The van der Waals surface area contributed by atoms with E-state index in [2.05, 4.69) is 15.6 Å². The van der Waals surface area contributed by atoms with Crippen LogP contribution in [0.15, 0.2) is 42.6 Å². The average molecular weight is 399 g/mol. The van der Waals surface area contributed by atoms with E-state index in [1.165, 1.54) is 6.07 Å². The lowest BCUT2D eigenvalue weighted by molar-refractivity contribution is 0.0782. The molecule has 2 aromatic rings. The topological polar surface area (TPSA) is 57.3 Å². The molecule has 2 saturated heterocycles. The Hall–Kier alpha value is -1.89. The fourth-order valence-corrected chi connectivity index (χ4v) is 3.56. The number of amides is 1. The standard InChI is InChI=1S/C18H19FN4O.2ClH/c19-15-5-1-2-6-16(15)22-17-14(4-3-7-21-17)18(24)23-10-12-8-20-9-13(12)11-23;;/h1-7,12-13,20H,8-11H2,(H,21,22);2*1H/t12-,13+;;. The van der Waals surface area contributed by atoms with E-state index in [0.29, 0.717) is 28.9 Å². The van der Waals surface area contributed by atoms with Gasteiger partial charge in [0.2, 0.25) is 0 Å². The highest BCUT2D eigenvalue weighted by Gasteiger charge is 2.38. The highest BCUT2D eigenvalue weighted by atomic mass is 35.5. The molecule has 0 saturated carbocycles. The number of nitrogens with zero attached hydrogens (tertiary/aromatic N) is 2. The van der Waals surface area contributed by atoms with E-state index in [0.717, 1.165) is 26.2 Å². The van der Waals surface area contributed by atoms with Gasteiger partial charge in [0.05, 0.1) is 11.3 Å². The van der Waals surface area contributed by atoms with Crippen molar-refractivity contribution in [1.29, 1.82) is 0 Å². The van der Waals surface area contributed by atoms with Gasteiger partial charge in [0, 0.05) is 32.4 Å². The SMILES string of the molecule is Cl.Cl.O=C(c1cccnc1Nc1ccccc1F)N1C[C@H]2CNC[C@H]2C1. The van der Waals surface area contributed by atoms with Crippen LogP contribution < -0.4 is 10.6 Å². The van der Waals surface area contributed by atoms with Crippen LogP contribution in [0.1, 0.15) is 10.4 Å². The molecule has 1 aromatic heterocycles. The predicted octanol–water partition coefficient (Wildman–Crippen LogP) is 3.10. The van der Waals surface area contributed by atoms with Crippen LogP contribution in [0.25, 0.3) is 0 Å². The molecule has 0 bridgehead atoms. The maximum atomic E-state index is 13.9. The number of nitrogens with one attached hydrogen (secondary N) is 2. The molecule has 2 fully saturated rings. The predicted molar refractivity (Wildman–Crippen MR) is 104 cm³/mol. The molecule has 1 aromatic carbocycles. The van der Waals surface area contributed by atoms with Crippen molar-refractivity contribution in [1.82, 2.24) is 15.2 Å². The van der Waals surface area contributed by atoms with Gasteiger partial charge in [0.25, 0.3) is 5.91 Å². The Bertz CT molecular complexity index is 764. The fraction of sp³-hybridized carbons (Fsp3) is 0.333.